The zero-order valence-electron chi connectivity index (χ0n) is 17.3. The molecule has 160 valence electrons. The number of aromatic nitrogens is 4. The molecule has 32 heavy (non-hydrogen) atoms. The lowest BCUT2D eigenvalue weighted by molar-refractivity contribution is 0.0460. The van der Waals surface area contributed by atoms with Gasteiger partial charge in [-0.2, -0.15) is 5.10 Å². The molecule has 0 saturated carbocycles. The minimum Gasteiger partial charge on any atom is -0.454 e. The number of carbonyl (C=O) groups is 1. The molecule has 5 rings (SSSR count). The third-order valence-electron chi connectivity index (χ3n) is 5.11. The fourth-order valence-corrected chi connectivity index (χ4v) is 4.66. The van der Waals surface area contributed by atoms with Crippen LogP contribution in [0.1, 0.15) is 36.1 Å². The molecule has 0 N–H and O–H groups in total. The Hall–Kier alpha value is -3.85. The summed E-state index contributed by atoms with van der Waals surface area (Å²) < 4.78 is 9.21. The maximum absolute atomic E-state index is 12.9. The molecular formula is C23H18N4O4S. The van der Waals surface area contributed by atoms with E-state index >= 15 is 0 Å². The van der Waals surface area contributed by atoms with E-state index in [4.69, 9.17) is 4.74 Å². The van der Waals surface area contributed by atoms with Crippen LogP contribution in [0.25, 0.3) is 25.9 Å². The van der Waals surface area contributed by atoms with E-state index in [-0.39, 0.29) is 29.5 Å². The van der Waals surface area contributed by atoms with Gasteiger partial charge in [0.1, 0.15) is 6.61 Å². The second-order valence-corrected chi connectivity index (χ2v) is 8.60. The first-order valence-corrected chi connectivity index (χ1v) is 10.8. The Labute approximate surface area is 185 Å². The lowest BCUT2D eigenvalue weighted by Crippen LogP contribution is -2.28. The van der Waals surface area contributed by atoms with Crippen molar-refractivity contribution >= 4 is 43.3 Å². The minimum absolute atomic E-state index is 0.0496. The summed E-state index contributed by atoms with van der Waals surface area (Å²) in [6.45, 7) is 3.45. The molecule has 8 nitrogen and oxygen atoms in total. The molecule has 2 aromatic carbocycles. The standard InChI is InChI=1S/C23H18N4O4S/c1-13(2)27-21(29)16-8-4-3-7-15(16)20(25-27)22(30)31-12-14-11-19(28)26-17-9-5-6-10-18(17)32-23(26)24-14/h3-11,13H,12H2,1-2H3. The van der Waals surface area contributed by atoms with Crippen LogP contribution in [0.2, 0.25) is 0 Å². The van der Waals surface area contributed by atoms with Crippen molar-refractivity contribution in [2.75, 3.05) is 0 Å². The van der Waals surface area contributed by atoms with Gasteiger partial charge < -0.3 is 4.74 Å². The van der Waals surface area contributed by atoms with Crippen LogP contribution in [0.15, 0.2) is 64.2 Å². The van der Waals surface area contributed by atoms with Gasteiger partial charge in [-0.1, -0.05) is 41.7 Å². The van der Waals surface area contributed by atoms with Crippen molar-refractivity contribution in [3.8, 4) is 0 Å². The second-order valence-electron chi connectivity index (χ2n) is 7.59. The Morgan fingerprint density at radius 2 is 1.78 bits per heavy atom. The third kappa shape index (κ3) is 3.27. The monoisotopic (exact) mass is 446 g/mol. The number of rotatable bonds is 4. The van der Waals surface area contributed by atoms with Gasteiger partial charge in [0.25, 0.3) is 11.1 Å². The number of ether oxygens (including phenoxy) is 1. The summed E-state index contributed by atoms with van der Waals surface area (Å²) in [5.41, 5.74) is 0.678. The van der Waals surface area contributed by atoms with E-state index in [0.29, 0.717) is 21.4 Å². The highest BCUT2D eigenvalue weighted by atomic mass is 32.1. The van der Waals surface area contributed by atoms with Crippen molar-refractivity contribution in [2.45, 2.75) is 26.5 Å². The Morgan fingerprint density at radius 1 is 1.06 bits per heavy atom. The van der Waals surface area contributed by atoms with Crippen LogP contribution >= 0.6 is 11.3 Å². The molecule has 0 radical (unpaired) electrons. The number of hydrogen-bond acceptors (Lipinski definition) is 7. The van der Waals surface area contributed by atoms with Crippen molar-refractivity contribution in [2.24, 2.45) is 0 Å². The fourth-order valence-electron chi connectivity index (χ4n) is 3.61. The van der Waals surface area contributed by atoms with E-state index in [0.717, 1.165) is 10.2 Å². The third-order valence-corrected chi connectivity index (χ3v) is 6.13. The lowest BCUT2D eigenvalue weighted by atomic mass is 10.1. The Balaban J connectivity index is 1.50. The average molecular weight is 446 g/mol. The first-order chi connectivity index (χ1) is 15.4. The molecule has 0 bridgehead atoms. The lowest BCUT2D eigenvalue weighted by Gasteiger charge is -2.13. The Morgan fingerprint density at radius 3 is 2.56 bits per heavy atom. The largest absolute Gasteiger partial charge is 0.454 e. The predicted octanol–water partition coefficient (Wildman–Crippen LogP) is 3.56. The Bertz CT molecular complexity index is 1630. The molecule has 5 aromatic rings. The van der Waals surface area contributed by atoms with E-state index in [9.17, 15) is 14.4 Å². The summed E-state index contributed by atoms with van der Waals surface area (Å²) >= 11 is 1.39. The topological polar surface area (TPSA) is 95.6 Å². The smallest absolute Gasteiger partial charge is 0.359 e. The highest BCUT2D eigenvalue weighted by Gasteiger charge is 2.19. The summed E-state index contributed by atoms with van der Waals surface area (Å²) in [6.07, 6.45) is 0. The number of hydrogen-bond donors (Lipinski definition) is 0. The fraction of sp³-hybridized carbons (Fsp3) is 0.174. The van der Waals surface area contributed by atoms with Crippen LogP contribution in [0, 0.1) is 0 Å². The number of para-hydroxylation sites is 1. The van der Waals surface area contributed by atoms with Gasteiger partial charge in [-0.05, 0) is 32.0 Å². The first-order valence-electron chi connectivity index (χ1n) is 10.0. The van der Waals surface area contributed by atoms with Crippen molar-refractivity contribution in [1.29, 1.82) is 0 Å². The van der Waals surface area contributed by atoms with Gasteiger partial charge in [0.05, 0.1) is 27.3 Å². The molecular weight excluding hydrogens is 428 g/mol. The molecule has 3 heterocycles. The van der Waals surface area contributed by atoms with Gasteiger partial charge in [-0.25, -0.2) is 14.5 Å². The summed E-state index contributed by atoms with van der Waals surface area (Å²) in [5.74, 6) is -0.686. The summed E-state index contributed by atoms with van der Waals surface area (Å²) in [5, 5.41) is 5.07. The molecule has 0 spiro atoms. The van der Waals surface area contributed by atoms with Crippen LogP contribution in [0.3, 0.4) is 0 Å². The predicted molar refractivity (Wildman–Crippen MR) is 122 cm³/mol. The van der Waals surface area contributed by atoms with E-state index in [1.807, 2.05) is 38.1 Å². The number of fused-ring (bicyclic) bond motifs is 4. The summed E-state index contributed by atoms with van der Waals surface area (Å²) in [7, 11) is 0. The van der Waals surface area contributed by atoms with Crippen LogP contribution < -0.4 is 11.1 Å². The van der Waals surface area contributed by atoms with Crippen molar-refractivity contribution in [3.05, 3.63) is 86.7 Å². The highest BCUT2D eigenvalue weighted by Crippen LogP contribution is 2.23. The molecule has 0 atom stereocenters. The van der Waals surface area contributed by atoms with Crippen molar-refractivity contribution in [3.63, 3.8) is 0 Å². The van der Waals surface area contributed by atoms with E-state index in [1.54, 1.807) is 28.7 Å². The number of esters is 1. The van der Waals surface area contributed by atoms with E-state index in [1.165, 1.54) is 22.1 Å². The summed E-state index contributed by atoms with van der Waals surface area (Å²) in [6, 6.07) is 15.5. The van der Waals surface area contributed by atoms with Gasteiger partial charge in [-0.3, -0.25) is 14.0 Å². The maximum atomic E-state index is 12.9. The molecule has 0 aliphatic heterocycles. The minimum atomic E-state index is -0.686. The Kier molecular flexibility index (Phi) is 4.82. The maximum Gasteiger partial charge on any atom is 0.359 e. The molecule has 0 saturated heterocycles. The molecule has 0 amide bonds. The summed E-state index contributed by atoms with van der Waals surface area (Å²) in [4.78, 5) is 43.2. The van der Waals surface area contributed by atoms with Crippen LogP contribution in [0.5, 0.6) is 0 Å². The molecule has 0 aliphatic rings. The zero-order valence-corrected chi connectivity index (χ0v) is 18.1. The number of carbonyl (C=O) groups excluding carboxylic acids is 1. The first kappa shape index (κ1) is 20.1. The molecule has 3 aromatic heterocycles. The van der Waals surface area contributed by atoms with Gasteiger partial charge >= 0.3 is 5.97 Å². The van der Waals surface area contributed by atoms with Gasteiger partial charge in [0.2, 0.25) is 0 Å². The van der Waals surface area contributed by atoms with Gasteiger partial charge in [0, 0.05) is 11.5 Å². The van der Waals surface area contributed by atoms with Gasteiger partial charge in [0.15, 0.2) is 10.7 Å². The molecule has 9 heteroatoms. The van der Waals surface area contributed by atoms with Crippen molar-refractivity contribution in [1.82, 2.24) is 19.2 Å². The second kappa shape index (κ2) is 7.69. The number of thiazole rings is 1. The number of nitrogens with zero attached hydrogens (tertiary/aromatic N) is 4. The van der Waals surface area contributed by atoms with Crippen LogP contribution in [0.4, 0.5) is 0 Å². The normalized spacial score (nSPS) is 11.6. The van der Waals surface area contributed by atoms with Gasteiger partial charge in [-0.15, -0.1) is 0 Å². The van der Waals surface area contributed by atoms with Crippen molar-refractivity contribution < 1.29 is 9.53 Å². The molecule has 0 unspecified atom stereocenters. The highest BCUT2D eigenvalue weighted by molar-refractivity contribution is 7.23. The molecule has 0 aliphatic carbocycles. The van der Waals surface area contributed by atoms with E-state index in [2.05, 4.69) is 10.1 Å². The van der Waals surface area contributed by atoms with Crippen LogP contribution in [-0.4, -0.2) is 25.1 Å². The zero-order chi connectivity index (χ0) is 22.4. The molecule has 0 fully saturated rings. The quantitative estimate of drug-likeness (QED) is 0.392. The average Bonchev–Trinajstić information content (AvgIpc) is 3.16. The number of benzene rings is 2. The van der Waals surface area contributed by atoms with E-state index < -0.39 is 5.97 Å². The SMILES string of the molecule is CC(C)n1nc(C(=O)OCc2cc(=O)n3c(n2)sc2ccccc23)c2ccccc2c1=O. The van der Waals surface area contributed by atoms with Crippen LogP contribution in [-0.2, 0) is 11.3 Å².